The number of hydrogen-bond donors (Lipinski definition) is 4. The summed E-state index contributed by atoms with van der Waals surface area (Å²) in [6.07, 6.45) is 15.1. The number of aliphatic carboxylic acids is 1. The van der Waals surface area contributed by atoms with Crippen molar-refractivity contribution >= 4 is 5.97 Å². The molecule has 0 aliphatic carbocycles. The highest BCUT2D eigenvalue weighted by atomic mass is 16.5. The Labute approximate surface area is 167 Å². The highest BCUT2D eigenvalue weighted by molar-refractivity contribution is 5.66. The van der Waals surface area contributed by atoms with Crippen molar-refractivity contribution in [3.05, 3.63) is 48.6 Å². The molecule has 1 aliphatic heterocycles. The van der Waals surface area contributed by atoms with Crippen molar-refractivity contribution in [2.75, 3.05) is 0 Å². The van der Waals surface area contributed by atoms with Gasteiger partial charge in [-0.25, -0.2) is 0 Å². The number of hydrogen-bond acceptors (Lipinski definition) is 5. The van der Waals surface area contributed by atoms with Gasteiger partial charge in [0.2, 0.25) is 0 Å². The Morgan fingerprint density at radius 3 is 2.57 bits per heavy atom. The first kappa shape index (κ1) is 24.3. The molecule has 0 aromatic rings. The van der Waals surface area contributed by atoms with Crippen LogP contribution in [0.4, 0.5) is 0 Å². The van der Waals surface area contributed by atoms with E-state index in [1.54, 1.807) is 18.2 Å². The van der Waals surface area contributed by atoms with Crippen LogP contribution in [0.3, 0.4) is 0 Å². The third-order valence-electron chi connectivity index (χ3n) is 4.44. The molecule has 1 heterocycles. The second-order valence-corrected chi connectivity index (χ2v) is 6.92. The van der Waals surface area contributed by atoms with Crippen molar-refractivity contribution in [2.24, 2.45) is 0 Å². The summed E-state index contributed by atoms with van der Waals surface area (Å²) in [7, 11) is 0. The van der Waals surface area contributed by atoms with E-state index in [0.717, 1.165) is 12.8 Å². The van der Waals surface area contributed by atoms with Crippen LogP contribution in [0.1, 0.15) is 51.9 Å². The standard InChI is InChI=1S/C22H34O6/c1-2-3-4-5-6-8-11-17(23)14-15-18(24)21-16-19(25)20(28-21)12-9-7-10-13-22(26)27/h3-4,6-9,14-15,17-21,23-25H,2,5,10-13,16H2,1H3,(H,26,27)/b4-3-,8-6-,9-7-,15-14+/t17-,18+,19-,20+,21+/m0/s1. The zero-order valence-corrected chi connectivity index (χ0v) is 16.6. The fourth-order valence-corrected chi connectivity index (χ4v) is 2.87. The Morgan fingerprint density at radius 2 is 1.86 bits per heavy atom. The molecule has 1 fully saturated rings. The van der Waals surface area contributed by atoms with Gasteiger partial charge in [-0.15, -0.1) is 0 Å². The molecule has 1 saturated heterocycles. The second-order valence-electron chi connectivity index (χ2n) is 6.92. The molecular formula is C22H34O6. The fourth-order valence-electron chi connectivity index (χ4n) is 2.87. The highest BCUT2D eigenvalue weighted by Gasteiger charge is 2.36. The van der Waals surface area contributed by atoms with Gasteiger partial charge in [-0.2, -0.15) is 0 Å². The first-order valence-electron chi connectivity index (χ1n) is 9.98. The van der Waals surface area contributed by atoms with Gasteiger partial charge in [0.25, 0.3) is 0 Å². The van der Waals surface area contributed by atoms with Crippen molar-refractivity contribution in [1.29, 1.82) is 0 Å². The van der Waals surface area contributed by atoms with E-state index in [9.17, 15) is 20.1 Å². The molecule has 0 saturated carbocycles. The quantitative estimate of drug-likeness (QED) is 0.358. The lowest BCUT2D eigenvalue weighted by Gasteiger charge is -2.16. The lowest BCUT2D eigenvalue weighted by atomic mass is 10.0. The van der Waals surface area contributed by atoms with E-state index in [1.807, 2.05) is 12.2 Å². The van der Waals surface area contributed by atoms with Gasteiger partial charge in [-0.05, 0) is 32.1 Å². The summed E-state index contributed by atoms with van der Waals surface area (Å²) in [5.74, 6) is -0.845. The molecule has 6 nitrogen and oxygen atoms in total. The molecule has 5 atom stereocenters. The van der Waals surface area contributed by atoms with Crippen molar-refractivity contribution in [3.8, 4) is 0 Å². The molecule has 158 valence electrons. The van der Waals surface area contributed by atoms with Gasteiger partial charge in [0.15, 0.2) is 0 Å². The van der Waals surface area contributed by atoms with Gasteiger partial charge in [0.1, 0.15) is 0 Å². The fraction of sp³-hybridized carbons (Fsp3) is 0.591. The predicted octanol–water partition coefficient (Wildman–Crippen LogP) is 2.90. The van der Waals surface area contributed by atoms with Crippen LogP contribution in [0.2, 0.25) is 0 Å². The smallest absolute Gasteiger partial charge is 0.303 e. The van der Waals surface area contributed by atoms with E-state index < -0.39 is 36.5 Å². The van der Waals surface area contributed by atoms with Crippen molar-refractivity contribution < 1.29 is 30.0 Å². The highest BCUT2D eigenvalue weighted by Crippen LogP contribution is 2.26. The molecule has 4 N–H and O–H groups in total. The molecule has 0 bridgehead atoms. The van der Waals surface area contributed by atoms with Crippen LogP contribution < -0.4 is 0 Å². The summed E-state index contributed by atoms with van der Waals surface area (Å²) in [4.78, 5) is 10.5. The Balaban J connectivity index is 2.33. The average molecular weight is 395 g/mol. The SMILES string of the molecule is CC/C=C\C/C=C\C[C@H](O)/C=C/[C@@H](O)[C@H]1C[C@H](O)[C@@H](C/C=C\CCC(=O)O)O1. The summed E-state index contributed by atoms with van der Waals surface area (Å²) in [5.41, 5.74) is 0. The third-order valence-corrected chi connectivity index (χ3v) is 4.44. The van der Waals surface area contributed by atoms with Crippen LogP contribution in [0, 0.1) is 0 Å². The molecule has 1 aliphatic rings. The zero-order valence-electron chi connectivity index (χ0n) is 16.6. The summed E-state index contributed by atoms with van der Waals surface area (Å²) in [6, 6.07) is 0. The summed E-state index contributed by atoms with van der Waals surface area (Å²) in [5, 5.41) is 38.8. The molecule has 0 radical (unpaired) electrons. The number of carboxylic acid groups (broad SMARTS) is 1. The maximum Gasteiger partial charge on any atom is 0.303 e. The minimum atomic E-state index is -0.901. The number of aliphatic hydroxyl groups is 3. The number of ether oxygens (including phenoxy) is 1. The van der Waals surface area contributed by atoms with Gasteiger partial charge in [0.05, 0.1) is 30.5 Å². The van der Waals surface area contributed by atoms with E-state index >= 15 is 0 Å². The lowest BCUT2D eigenvalue weighted by molar-refractivity contribution is -0.136. The van der Waals surface area contributed by atoms with Crippen molar-refractivity contribution in [2.45, 2.75) is 82.4 Å². The van der Waals surface area contributed by atoms with Crippen LogP contribution >= 0.6 is 0 Å². The Hall–Kier alpha value is -1.73. The van der Waals surface area contributed by atoms with Crippen LogP contribution in [0.25, 0.3) is 0 Å². The van der Waals surface area contributed by atoms with Gasteiger partial charge in [0, 0.05) is 12.8 Å². The minimum absolute atomic E-state index is 0.0731. The maximum atomic E-state index is 10.5. The number of aliphatic hydroxyl groups excluding tert-OH is 3. The van der Waals surface area contributed by atoms with E-state index in [4.69, 9.17) is 9.84 Å². The lowest BCUT2D eigenvalue weighted by Crippen LogP contribution is -2.24. The molecule has 0 aromatic carbocycles. The monoisotopic (exact) mass is 394 g/mol. The molecule has 28 heavy (non-hydrogen) atoms. The number of carboxylic acids is 1. The van der Waals surface area contributed by atoms with Gasteiger partial charge in [-0.1, -0.05) is 55.5 Å². The molecule has 0 amide bonds. The average Bonchev–Trinajstić information content (AvgIpc) is 3.03. The molecule has 6 heteroatoms. The van der Waals surface area contributed by atoms with E-state index in [0.29, 0.717) is 25.7 Å². The summed E-state index contributed by atoms with van der Waals surface area (Å²) in [6.45, 7) is 2.08. The van der Waals surface area contributed by atoms with E-state index in [1.165, 1.54) is 6.08 Å². The minimum Gasteiger partial charge on any atom is -0.481 e. The Morgan fingerprint density at radius 1 is 1.11 bits per heavy atom. The van der Waals surface area contributed by atoms with Crippen molar-refractivity contribution in [1.82, 2.24) is 0 Å². The first-order chi connectivity index (χ1) is 13.4. The van der Waals surface area contributed by atoms with Crippen LogP contribution in [-0.2, 0) is 9.53 Å². The van der Waals surface area contributed by atoms with Gasteiger partial charge < -0.3 is 25.2 Å². The normalized spacial score (nSPS) is 25.5. The molecule has 0 aromatic heterocycles. The summed E-state index contributed by atoms with van der Waals surface area (Å²) >= 11 is 0. The maximum absolute atomic E-state index is 10.5. The second kappa shape index (κ2) is 14.3. The molecular weight excluding hydrogens is 360 g/mol. The largest absolute Gasteiger partial charge is 0.481 e. The summed E-state index contributed by atoms with van der Waals surface area (Å²) < 4.78 is 5.71. The van der Waals surface area contributed by atoms with Crippen molar-refractivity contribution in [3.63, 3.8) is 0 Å². The molecule has 0 unspecified atom stereocenters. The number of carbonyl (C=O) groups is 1. The molecule has 1 rings (SSSR count). The van der Waals surface area contributed by atoms with Crippen LogP contribution in [-0.4, -0.2) is 56.9 Å². The number of rotatable bonds is 13. The van der Waals surface area contributed by atoms with E-state index in [2.05, 4.69) is 19.1 Å². The zero-order chi connectivity index (χ0) is 20.8. The first-order valence-corrected chi connectivity index (χ1v) is 9.98. The Kier molecular flexibility index (Phi) is 12.4. The van der Waals surface area contributed by atoms with E-state index in [-0.39, 0.29) is 6.42 Å². The topological polar surface area (TPSA) is 107 Å². The number of allylic oxidation sites excluding steroid dienone is 4. The van der Waals surface area contributed by atoms with Crippen LogP contribution in [0.15, 0.2) is 48.6 Å². The van der Waals surface area contributed by atoms with Crippen LogP contribution in [0.5, 0.6) is 0 Å². The predicted molar refractivity (Wildman–Crippen MR) is 109 cm³/mol. The van der Waals surface area contributed by atoms with Gasteiger partial charge >= 0.3 is 5.97 Å². The Bertz CT molecular complexity index is 551. The van der Waals surface area contributed by atoms with Gasteiger partial charge in [-0.3, -0.25) is 4.79 Å². The third kappa shape index (κ3) is 10.6. The molecule has 0 spiro atoms.